The Kier molecular flexibility index (Phi) is 4.93. The van der Waals surface area contributed by atoms with Crippen molar-refractivity contribution in [1.82, 2.24) is 8.87 Å². The zero-order valence-corrected chi connectivity index (χ0v) is 17.5. The molecule has 8 heteroatoms. The van der Waals surface area contributed by atoms with Crippen LogP contribution in [0.15, 0.2) is 53.6 Å². The van der Waals surface area contributed by atoms with Crippen molar-refractivity contribution in [2.75, 3.05) is 6.54 Å². The van der Waals surface area contributed by atoms with E-state index >= 15 is 0 Å². The topological polar surface area (TPSA) is 42.3 Å². The molecule has 0 saturated heterocycles. The number of hydrogen-bond acceptors (Lipinski definition) is 2. The summed E-state index contributed by atoms with van der Waals surface area (Å²) >= 11 is 19.2. The van der Waals surface area contributed by atoms with E-state index in [0.29, 0.717) is 27.7 Å². The molecule has 0 amide bonds. The molecule has 2 heterocycles. The van der Waals surface area contributed by atoms with Gasteiger partial charge < -0.3 is 4.57 Å². The number of benzene rings is 1. The Bertz CT molecular complexity index is 1050. The zero-order chi connectivity index (χ0) is 19.3. The summed E-state index contributed by atoms with van der Waals surface area (Å²) in [4.78, 5) is 0.221. The number of rotatable bonds is 2. The standard InChI is InChI=1S/C19H17Cl3N2O2S/c1-2-24-19(18-13(21)5-3-6-14(18)22)16-7-4-10-23(16)15-9-8-12(20)11-17(15)27(24,25)26/h3-7,9-12,19H,2,8H2,1H3. The molecule has 0 radical (unpaired) electrons. The number of halogens is 3. The van der Waals surface area contributed by atoms with Gasteiger partial charge in [-0.3, -0.25) is 0 Å². The van der Waals surface area contributed by atoms with Gasteiger partial charge in [-0.2, -0.15) is 4.31 Å². The minimum absolute atomic E-state index is 0.221. The van der Waals surface area contributed by atoms with Crippen molar-refractivity contribution in [3.8, 4) is 0 Å². The van der Waals surface area contributed by atoms with Crippen LogP contribution in [0, 0.1) is 0 Å². The van der Waals surface area contributed by atoms with Crippen LogP contribution >= 0.6 is 34.8 Å². The van der Waals surface area contributed by atoms with Gasteiger partial charge in [-0.05, 0) is 36.8 Å². The molecule has 2 aromatic rings. The molecule has 4 nitrogen and oxygen atoms in total. The molecule has 2 unspecified atom stereocenters. The van der Waals surface area contributed by atoms with Crippen molar-refractivity contribution in [2.24, 2.45) is 0 Å². The molecule has 0 spiro atoms. The highest BCUT2D eigenvalue weighted by molar-refractivity contribution is 7.93. The number of hydrogen-bond donors (Lipinski definition) is 0. The molecular weight excluding hydrogens is 427 g/mol. The van der Waals surface area contributed by atoms with Crippen molar-refractivity contribution in [2.45, 2.75) is 24.8 Å². The van der Waals surface area contributed by atoms with Crippen LogP contribution in [-0.2, 0) is 10.0 Å². The normalized spacial score (nSPS) is 24.4. The summed E-state index contributed by atoms with van der Waals surface area (Å²) in [6.45, 7) is 2.07. The monoisotopic (exact) mass is 442 g/mol. The summed E-state index contributed by atoms with van der Waals surface area (Å²) in [5, 5.41) is 0.491. The lowest BCUT2D eigenvalue weighted by Gasteiger charge is -2.29. The Morgan fingerprint density at radius 2 is 1.85 bits per heavy atom. The van der Waals surface area contributed by atoms with E-state index in [9.17, 15) is 8.42 Å². The van der Waals surface area contributed by atoms with Gasteiger partial charge in [0.05, 0.1) is 17.1 Å². The highest BCUT2D eigenvalue weighted by Crippen LogP contribution is 2.46. The smallest absolute Gasteiger partial charge is 0.245 e. The minimum Gasteiger partial charge on any atom is -0.318 e. The maximum absolute atomic E-state index is 13.6. The second kappa shape index (κ2) is 6.98. The molecule has 2 aliphatic rings. The van der Waals surface area contributed by atoms with Crippen molar-refractivity contribution in [1.29, 1.82) is 0 Å². The number of nitrogens with zero attached hydrogens (tertiary/aromatic N) is 2. The maximum atomic E-state index is 13.6. The second-order valence-electron chi connectivity index (χ2n) is 6.42. The van der Waals surface area contributed by atoms with Gasteiger partial charge in [-0.1, -0.05) is 42.3 Å². The van der Waals surface area contributed by atoms with Crippen LogP contribution in [0.5, 0.6) is 0 Å². The van der Waals surface area contributed by atoms with Crippen LogP contribution in [0.2, 0.25) is 10.0 Å². The van der Waals surface area contributed by atoms with E-state index in [4.69, 9.17) is 34.8 Å². The number of fused-ring (bicyclic) bond motifs is 3. The van der Waals surface area contributed by atoms with Crippen LogP contribution in [0.4, 0.5) is 0 Å². The first kappa shape index (κ1) is 19.1. The molecule has 0 fully saturated rings. The number of aromatic nitrogens is 1. The average Bonchev–Trinajstić information content (AvgIpc) is 3.07. The summed E-state index contributed by atoms with van der Waals surface area (Å²) in [6, 6.07) is 8.35. The molecule has 1 aliphatic heterocycles. The van der Waals surface area contributed by atoms with Crippen LogP contribution in [-0.4, -0.2) is 29.2 Å². The van der Waals surface area contributed by atoms with Gasteiger partial charge in [0.25, 0.3) is 0 Å². The van der Waals surface area contributed by atoms with Gasteiger partial charge in [0, 0.05) is 34.0 Å². The molecule has 0 N–H and O–H groups in total. The van der Waals surface area contributed by atoms with E-state index in [-0.39, 0.29) is 16.8 Å². The van der Waals surface area contributed by atoms with Crippen molar-refractivity contribution >= 4 is 50.5 Å². The third-order valence-corrected chi connectivity index (χ3v) is 7.85. The fourth-order valence-corrected chi connectivity index (χ4v) is 6.50. The largest absolute Gasteiger partial charge is 0.318 e. The molecular formula is C19H17Cl3N2O2S. The fourth-order valence-electron chi connectivity index (χ4n) is 3.74. The van der Waals surface area contributed by atoms with Crippen LogP contribution < -0.4 is 0 Å². The van der Waals surface area contributed by atoms with E-state index in [1.54, 1.807) is 31.2 Å². The molecule has 0 saturated carbocycles. The van der Waals surface area contributed by atoms with Gasteiger partial charge in [-0.15, -0.1) is 11.6 Å². The first-order valence-electron chi connectivity index (χ1n) is 8.56. The highest BCUT2D eigenvalue weighted by atomic mass is 35.5. The van der Waals surface area contributed by atoms with E-state index in [1.807, 2.05) is 29.0 Å². The fraction of sp³-hybridized carbons (Fsp3) is 0.263. The quantitative estimate of drug-likeness (QED) is 0.592. The molecule has 1 aromatic heterocycles. The molecule has 2 atom stereocenters. The average molecular weight is 444 g/mol. The Balaban J connectivity index is 2.07. The zero-order valence-electron chi connectivity index (χ0n) is 14.4. The van der Waals surface area contributed by atoms with Crippen molar-refractivity contribution < 1.29 is 8.42 Å². The maximum Gasteiger partial charge on any atom is 0.245 e. The first-order chi connectivity index (χ1) is 12.9. The van der Waals surface area contributed by atoms with Gasteiger partial charge in [0.1, 0.15) is 4.91 Å². The lowest BCUT2D eigenvalue weighted by atomic mass is 10.0. The molecule has 0 bridgehead atoms. The third-order valence-electron chi connectivity index (χ3n) is 4.90. The van der Waals surface area contributed by atoms with Gasteiger partial charge in [0.15, 0.2) is 0 Å². The molecule has 27 heavy (non-hydrogen) atoms. The lowest BCUT2D eigenvalue weighted by Crippen LogP contribution is -2.35. The highest BCUT2D eigenvalue weighted by Gasteiger charge is 2.42. The van der Waals surface area contributed by atoms with Gasteiger partial charge >= 0.3 is 0 Å². The molecule has 4 rings (SSSR count). The number of alkyl halides is 1. The van der Waals surface area contributed by atoms with Crippen molar-refractivity contribution in [3.63, 3.8) is 0 Å². The van der Waals surface area contributed by atoms with E-state index in [0.717, 1.165) is 5.69 Å². The second-order valence-corrected chi connectivity index (χ2v) is 9.66. The molecule has 1 aliphatic carbocycles. The summed E-state index contributed by atoms with van der Waals surface area (Å²) < 4.78 is 30.5. The molecule has 1 aromatic carbocycles. The predicted molar refractivity (Wildman–Crippen MR) is 111 cm³/mol. The predicted octanol–water partition coefficient (Wildman–Crippen LogP) is 5.29. The number of allylic oxidation sites excluding steroid dienone is 3. The lowest BCUT2D eigenvalue weighted by molar-refractivity contribution is 0.375. The summed E-state index contributed by atoms with van der Waals surface area (Å²) in [5.41, 5.74) is 1.99. The van der Waals surface area contributed by atoms with E-state index < -0.39 is 16.1 Å². The van der Waals surface area contributed by atoms with E-state index in [1.165, 1.54) is 4.31 Å². The number of sulfonamides is 1. The van der Waals surface area contributed by atoms with Gasteiger partial charge in [-0.25, -0.2) is 8.42 Å². The van der Waals surface area contributed by atoms with Crippen LogP contribution in [0.25, 0.3) is 5.70 Å². The summed E-state index contributed by atoms with van der Waals surface area (Å²) in [6.07, 6.45) is 5.92. The first-order valence-corrected chi connectivity index (χ1v) is 11.2. The van der Waals surface area contributed by atoms with E-state index in [2.05, 4.69) is 0 Å². The van der Waals surface area contributed by atoms with Crippen LogP contribution in [0.1, 0.15) is 30.6 Å². The Hall–Kier alpha value is -1.24. The Morgan fingerprint density at radius 1 is 1.15 bits per heavy atom. The SMILES string of the molecule is CCN1C(c2c(Cl)cccc2Cl)c2cccn2C2=CCC(Cl)C=C2S1(=O)=O. The van der Waals surface area contributed by atoms with Crippen molar-refractivity contribution in [3.05, 3.63) is 74.9 Å². The van der Waals surface area contributed by atoms with Gasteiger partial charge in [0.2, 0.25) is 10.0 Å². The Labute approximate surface area is 173 Å². The molecule has 142 valence electrons. The van der Waals surface area contributed by atoms with Crippen LogP contribution in [0.3, 0.4) is 0 Å². The Morgan fingerprint density at radius 3 is 2.52 bits per heavy atom. The summed E-state index contributed by atoms with van der Waals surface area (Å²) in [5.74, 6) is 0. The third kappa shape index (κ3) is 2.97. The minimum atomic E-state index is -3.81. The summed E-state index contributed by atoms with van der Waals surface area (Å²) in [7, 11) is -3.81.